The van der Waals surface area contributed by atoms with E-state index in [1.807, 2.05) is 12.1 Å². The number of rotatable bonds is 7. The number of methoxy groups -OCH3 is 1. The molecule has 1 amide bonds. The summed E-state index contributed by atoms with van der Waals surface area (Å²) in [7, 11) is 1.65. The lowest BCUT2D eigenvalue weighted by atomic mass is 10.0. The molecule has 1 aliphatic rings. The van der Waals surface area contributed by atoms with E-state index in [1.54, 1.807) is 37.0 Å². The summed E-state index contributed by atoms with van der Waals surface area (Å²) in [6, 6.07) is 6.05. The normalized spacial score (nSPS) is 16.9. The maximum Gasteiger partial charge on any atom is 0.248 e. The lowest BCUT2D eigenvalue weighted by molar-refractivity contribution is 0.100. The molecule has 29 heavy (non-hydrogen) atoms. The molecule has 3 N–H and O–H groups in total. The van der Waals surface area contributed by atoms with Gasteiger partial charge in [-0.15, -0.1) is 11.3 Å². The molecule has 1 aromatic carbocycles. The Morgan fingerprint density at radius 1 is 1.45 bits per heavy atom. The van der Waals surface area contributed by atoms with Crippen LogP contribution in [0.3, 0.4) is 0 Å². The first-order valence-corrected chi connectivity index (χ1v) is 10.7. The van der Waals surface area contributed by atoms with Gasteiger partial charge in [0.2, 0.25) is 5.91 Å². The van der Waals surface area contributed by atoms with Crippen LogP contribution >= 0.6 is 11.3 Å². The smallest absolute Gasteiger partial charge is 0.248 e. The molecule has 1 unspecified atom stereocenters. The standard InChI is InChI=1S/C21H25N5O2S/c1-28-18-11-24-13-25-21(18)26-8-7-23-10-16(26)4-2-3-15-12-29-19-6-5-14(20(22)27)9-17(15)19/h5-6,9,11-13,16,23H,2-4,7-8,10H2,1H3,(H2,22,27). The molecule has 3 heterocycles. The molecular formula is C21H25N5O2S. The summed E-state index contributed by atoms with van der Waals surface area (Å²) in [6.07, 6.45) is 6.34. The van der Waals surface area contributed by atoms with Crippen LogP contribution in [0.5, 0.6) is 5.75 Å². The van der Waals surface area contributed by atoms with E-state index in [4.69, 9.17) is 10.5 Å². The minimum Gasteiger partial charge on any atom is -0.491 e. The number of hydrogen-bond donors (Lipinski definition) is 2. The first-order valence-electron chi connectivity index (χ1n) is 9.78. The maximum atomic E-state index is 11.5. The summed E-state index contributed by atoms with van der Waals surface area (Å²) in [5.74, 6) is 1.19. The SMILES string of the molecule is COc1cncnc1N1CCNCC1CCCc1csc2ccc(C(N)=O)cc12. The largest absolute Gasteiger partial charge is 0.491 e. The maximum absolute atomic E-state index is 11.5. The number of aromatic nitrogens is 2. The molecule has 1 saturated heterocycles. The van der Waals surface area contributed by atoms with Gasteiger partial charge >= 0.3 is 0 Å². The zero-order chi connectivity index (χ0) is 20.2. The summed E-state index contributed by atoms with van der Waals surface area (Å²) in [6.45, 7) is 2.74. The second-order valence-corrected chi connectivity index (χ2v) is 8.11. The highest BCUT2D eigenvalue weighted by molar-refractivity contribution is 7.17. The van der Waals surface area contributed by atoms with E-state index in [0.717, 1.165) is 50.1 Å². The van der Waals surface area contributed by atoms with Crippen molar-refractivity contribution in [2.24, 2.45) is 5.73 Å². The third kappa shape index (κ3) is 4.18. The first kappa shape index (κ1) is 19.6. The van der Waals surface area contributed by atoms with Crippen molar-refractivity contribution in [1.29, 1.82) is 0 Å². The zero-order valence-corrected chi connectivity index (χ0v) is 17.2. The molecule has 0 radical (unpaired) electrons. The second kappa shape index (κ2) is 8.75. The highest BCUT2D eigenvalue weighted by atomic mass is 32.1. The number of ether oxygens (including phenoxy) is 1. The number of carbonyl (C=O) groups is 1. The third-order valence-corrected chi connectivity index (χ3v) is 6.43. The van der Waals surface area contributed by atoms with Crippen LogP contribution < -0.4 is 20.7 Å². The van der Waals surface area contributed by atoms with E-state index in [0.29, 0.717) is 17.4 Å². The molecule has 0 bridgehead atoms. The predicted octanol–water partition coefficient (Wildman–Crippen LogP) is 2.60. The molecule has 3 aromatic rings. The molecule has 1 atom stereocenters. The summed E-state index contributed by atoms with van der Waals surface area (Å²) < 4.78 is 6.66. The number of nitrogens with zero attached hydrogens (tertiary/aromatic N) is 3. The van der Waals surface area contributed by atoms with Gasteiger partial charge in [0, 0.05) is 35.9 Å². The monoisotopic (exact) mass is 411 g/mol. The molecule has 2 aromatic heterocycles. The number of aryl methyl sites for hydroxylation is 1. The van der Waals surface area contributed by atoms with Crippen molar-refractivity contribution in [2.45, 2.75) is 25.3 Å². The number of amides is 1. The Morgan fingerprint density at radius 2 is 2.34 bits per heavy atom. The lowest BCUT2D eigenvalue weighted by Crippen LogP contribution is -2.51. The molecule has 0 saturated carbocycles. The number of nitrogens with two attached hydrogens (primary N) is 1. The van der Waals surface area contributed by atoms with E-state index in [9.17, 15) is 4.79 Å². The van der Waals surface area contributed by atoms with Crippen molar-refractivity contribution < 1.29 is 9.53 Å². The average Bonchev–Trinajstić information content (AvgIpc) is 3.16. The molecular weight excluding hydrogens is 386 g/mol. The van der Waals surface area contributed by atoms with E-state index in [2.05, 4.69) is 25.6 Å². The van der Waals surface area contributed by atoms with Crippen molar-refractivity contribution in [3.05, 3.63) is 47.2 Å². The Hall–Kier alpha value is -2.71. The summed E-state index contributed by atoms with van der Waals surface area (Å²) >= 11 is 1.71. The van der Waals surface area contributed by atoms with E-state index < -0.39 is 0 Å². The van der Waals surface area contributed by atoms with Gasteiger partial charge in [0.05, 0.1) is 13.3 Å². The molecule has 1 aliphatic heterocycles. The van der Waals surface area contributed by atoms with Gasteiger partial charge in [-0.3, -0.25) is 4.79 Å². The molecule has 152 valence electrons. The Morgan fingerprint density at radius 3 is 3.17 bits per heavy atom. The van der Waals surface area contributed by atoms with Gasteiger partial charge in [-0.05, 0) is 53.8 Å². The number of anilines is 1. The van der Waals surface area contributed by atoms with Crippen molar-refractivity contribution in [3.63, 3.8) is 0 Å². The highest BCUT2D eigenvalue weighted by Crippen LogP contribution is 2.30. The van der Waals surface area contributed by atoms with Crippen LogP contribution in [0.4, 0.5) is 5.82 Å². The Balaban J connectivity index is 1.46. The molecule has 1 fully saturated rings. The van der Waals surface area contributed by atoms with Crippen LogP contribution in [0.2, 0.25) is 0 Å². The van der Waals surface area contributed by atoms with Gasteiger partial charge in [0.25, 0.3) is 0 Å². The Bertz CT molecular complexity index is 1010. The van der Waals surface area contributed by atoms with Gasteiger partial charge in [-0.1, -0.05) is 0 Å². The third-order valence-electron chi connectivity index (χ3n) is 5.42. The molecule has 4 rings (SSSR count). The number of carbonyl (C=O) groups excluding carboxylic acids is 1. The number of thiophene rings is 1. The second-order valence-electron chi connectivity index (χ2n) is 7.19. The quantitative estimate of drug-likeness (QED) is 0.621. The van der Waals surface area contributed by atoms with E-state index >= 15 is 0 Å². The van der Waals surface area contributed by atoms with Gasteiger partial charge in [0.15, 0.2) is 11.6 Å². The van der Waals surface area contributed by atoms with E-state index in [-0.39, 0.29) is 5.91 Å². The highest BCUT2D eigenvalue weighted by Gasteiger charge is 2.25. The van der Waals surface area contributed by atoms with Crippen LogP contribution in [-0.2, 0) is 6.42 Å². The topological polar surface area (TPSA) is 93.4 Å². The fourth-order valence-electron chi connectivity index (χ4n) is 3.92. The number of fused-ring (bicyclic) bond motifs is 1. The van der Waals surface area contributed by atoms with Gasteiger partial charge < -0.3 is 20.7 Å². The molecule has 7 nitrogen and oxygen atoms in total. The number of primary amides is 1. The van der Waals surface area contributed by atoms with Gasteiger partial charge in [0.1, 0.15) is 6.33 Å². The van der Waals surface area contributed by atoms with Crippen molar-refractivity contribution in [1.82, 2.24) is 15.3 Å². The van der Waals surface area contributed by atoms with Gasteiger partial charge in [-0.2, -0.15) is 0 Å². The number of nitrogens with one attached hydrogen (secondary N) is 1. The Kier molecular flexibility index (Phi) is 5.92. The number of hydrogen-bond acceptors (Lipinski definition) is 7. The van der Waals surface area contributed by atoms with Crippen molar-refractivity contribution in [2.75, 3.05) is 31.6 Å². The number of piperazine rings is 1. The van der Waals surface area contributed by atoms with Crippen LogP contribution in [0.1, 0.15) is 28.8 Å². The van der Waals surface area contributed by atoms with Crippen LogP contribution in [0, 0.1) is 0 Å². The predicted molar refractivity (Wildman–Crippen MR) is 116 cm³/mol. The fraction of sp³-hybridized carbons (Fsp3) is 0.381. The number of benzene rings is 1. The summed E-state index contributed by atoms with van der Waals surface area (Å²) in [5.41, 5.74) is 7.29. The Labute approximate surface area is 173 Å². The van der Waals surface area contributed by atoms with Crippen LogP contribution in [0.15, 0.2) is 36.1 Å². The van der Waals surface area contributed by atoms with Crippen LogP contribution in [0.25, 0.3) is 10.1 Å². The average molecular weight is 412 g/mol. The van der Waals surface area contributed by atoms with Gasteiger partial charge in [-0.25, -0.2) is 9.97 Å². The first-order chi connectivity index (χ1) is 14.2. The van der Waals surface area contributed by atoms with Crippen LogP contribution in [-0.4, -0.2) is 48.7 Å². The minimum atomic E-state index is -0.383. The molecule has 0 aliphatic carbocycles. The summed E-state index contributed by atoms with van der Waals surface area (Å²) in [4.78, 5) is 22.4. The molecule has 8 heteroatoms. The lowest BCUT2D eigenvalue weighted by Gasteiger charge is -2.37. The van der Waals surface area contributed by atoms with Crippen molar-refractivity contribution in [3.8, 4) is 5.75 Å². The van der Waals surface area contributed by atoms with Crippen molar-refractivity contribution >= 4 is 33.1 Å². The summed E-state index contributed by atoms with van der Waals surface area (Å²) in [5, 5.41) is 6.83. The molecule has 0 spiro atoms. The zero-order valence-electron chi connectivity index (χ0n) is 16.4. The van der Waals surface area contributed by atoms with E-state index in [1.165, 1.54) is 10.3 Å². The fourth-order valence-corrected chi connectivity index (χ4v) is 4.90. The minimum absolute atomic E-state index is 0.346.